The summed E-state index contributed by atoms with van der Waals surface area (Å²) in [6.45, 7) is 0.230. The first-order chi connectivity index (χ1) is 6.61. The van der Waals surface area contributed by atoms with Crippen molar-refractivity contribution in [2.75, 3.05) is 0 Å². The smallest absolute Gasteiger partial charge is 0.337 e. The summed E-state index contributed by atoms with van der Waals surface area (Å²) in [5.74, 6) is -1.14. The molecule has 0 unspecified atom stereocenters. The third-order valence-electron chi connectivity index (χ3n) is 1.82. The molecule has 0 aliphatic heterocycles. The van der Waals surface area contributed by atoms with E-state index in [-0.39, 0.29) is 17.7 Å². The number of benzene rings is 1. The number of carboxylic acid groups (broad SMARTS) is 1. The van der Waals surface area contributed by atoms with Crippen LogP contribution in [0.4, 0.5) is 0 Å². The highest BCUT2D eigenvalue weighted by molar-refractivity contribution is 7.80. The van der Waals surface area contributed by atoms with Crippen molar-refractivity contribution in [3.63, 3.8) is 0 Å². The zero-order valence-corrected chi connectivity index (χ0v) is 8.08. The fourth-order valence-corrected chi connectivity index (χ4v) is 1.43. The van der Waals surface area contributed by atoms with Crippen molar-refractivity contribution < 1.29 is 9.90 Å². The molecule has 72 valence electrons. The van der Waals surface area contributed by atoms with Crippen LogP contribution in [-0.2, 0) is 6.54 Å². The quantitative estimate of drug-likeness (QED) is 0.633. The third-order valence-corrected chi connectivity index (χ3v) is 2.33. The first kappa shape index (κ1) is 10.6. The van der Waals surface area contributed by atoms with E-state index >= 15 is 0 Å². The number of hydrogen-bond donors (Lipinski definition) is 3. The lowest BCUT2D eigenvalue weighted by Gasteiger charge is -2.06. The van der Waals surface area contributed by atoms with E-state index in [0.29, 0.717) is 10.5 Å². The molecule has 0 aliphatic rings. The highest BCUT2D eigenvalue weighted by Gasteiger charge is 2.14. The summed E-state index contributed by atoms with van der Waals surface area (Å²) in [6, 6.07) is 4.73. The standard InChI is InChI=1S/C9H8N2O2S/c10-3-5-1-2-6(9(12)13)7(4-11)8(5)14/h1-2,14H,3,10H2,(H,12,13). The molecule has 0 aromatic heterocycles. The number of aromatic carboxylic acids is 1. The predicted molar refractivity (Wildman–Crippen MR) is 53.3 cm³/mol. The average molecular weight is 208 g/mol. The lowest BCUT2D eigenvalue weighted by Crippen LogP contribution is -2.05. The predicted octanol–water partition coefficient (Wildman–Crippen LogP) is 1.00. The van der Waals surface area contributed by atoms with Crippen molar-refractivity contribution in [3.8, 4) is 6.07 Å². The molecule has 0 saturated carbocycles. The first-order valence-electron chi connectivity index (χ1n) is 3.80. The zero-order chi connectivity index (χ0) is 10.7. The van der Waals surface area contributed by atoms with Crippen LogP contribution in [-0.4, -0.2) is 11.1 Å². The zero-order valence-electron chi connectivity index (χ0n) is 7.19. The van der Waals surface area contributed by atoms with Crippen LogP contribution in [0.25, 0.3) is 0 Å². The Morgan fingerprint density at radius 3 is 2.71 bits per heavy atom. The Bertz CT molecular complexity index is 424. The van der Waals surface area contributed by atoms with Crippen molar-refractivity contribution in [3.05, 3.63) is 28.8 Å². The molecule has 0 amide bonds. The van der Waals surface area contributed by atoms with E-state index in [1.165, 1.54) is 6.07 Å². The highest BCUT2D eigenvalue weighted by atomic mass is 32.1. The van der Waals surface area contributed by atoms with Gasteiger partial charge in [0, 0.05) is 11.4 Å². The lowest BCUT2D eigenvalue weighted by atomic mass is 10.0. The summed E-state index contributed by atoms with van der Waals surface area (Å²) in [7, 11) is 0. The Morgan fingerprint density at radius 2 is 2.29 bits per heavy atom. The van der Waals surface area contributed by atoms with Crippen LogP contribution in [0.5, 0.6) is 0 Å². The van der Waals surface area contributed by atoms with Crippen molar-refractivity contribution in [2.24, 2.45) is 5.73 Å². The second-order valence-corrected chi connectivity index (χ2v) is 3.06. The van der Waals surface area contributed by atoms with Crippen LogP contribution in [0, 0.1) is 11.3 Å². The minimum atomic E-state index is -1.14. The molecule has 0 spiro atoms. The number of nitriles is 1. The van der Waals surface area contributed by atoms with Crippen LogP contribution in [0.15, 0.2) is 17.0 Å². The van der Waals surface area contributed by atoms with Gasteiger partial charge in [-0.2, -0.15) is 5.26 Å². The molecule has 0 saturated heterocycles. The fourth-order valence-electron chi connectivity index (χ4n) is 1.09. The van der Waals surface area contributed by atoms with Crippen molar-refractivity contribution in [2.45, 2.75) is 11.4 Å². The van der Waals surface area contributed by atoms with Crippen LogP contribution < -0.4 is 5.73 Å². The second-order valence-electron chi connectivity index (χ2n) is 2.62. The van der Waals surface area contributed by atoms with E-state index in [9.17, 15) is 4.79 Å². The number of carbonyl (C=O) groups is 1. The van der Waals surface area contributed by atoms with Gasteiger partial charge in [0.15, 0.2) is 0 Å². The number of rotatable bonds is 2. The van der Waals surface area contributed by atoms with Crippen LogP contribution >= 0.6 is 12.6 Å². The number of nitrogens with two attached hydrogens (primary N) is 1. The van der Waals surface area contributed by atoms with Gasteiger partial charge < -0.3 is 10.8 Å². The van der Waals surface area contributed by atoms with Gasteiger partial charge >= 0.3 is 5.97 Å². The molecule has 0 radical (unpaired) electrons. The summed E-state index contributed by atoms with van der Waals surface area (Å²) < 4.78 is 0. The van der Waals surface area contributed by atoms with Crippen molar-refractivity contribution >= 4 is 18.6 Å². The molecule has 1 rings (SSSR count). The van der Waals surface area contributed by atoms with E-state index in [4.69, 9.17) is 16.1 Å². The lowest BCUT2D eigenvalue weighted by molar-refractivity contribution is 0.0696. The third kappa shape index (κ3) is 1.71. The SMILES string of the molecule is N#Cc1c(C(=O)O)ccc(CN)c1S. The topological polar surface area (TPSA) is 87.1 Å². The Morgan fingerprint density at radius 1 is 1.64 bits per heavy atom. The van der Waals surface area contributed by atoms with Gasteiger partial charge in [-0.15, -0.1) is 12.6 Å². The molecule has 14 heavy (non-hydrogen) atoms. The molecular weight excluding hydrogens is 200 g/mol. The molecular formula is C9H8N2O2S. The maximum Gasteiger partial charge on any atom is 0.337 e. The molecule has 1 aromatic carbocycles. The van der Waals surface area contributed by atoms with Gasteiger partial charge in [-0.25, -0.2) is 4.79 Å². The summed E-state index contributed by atoms with van der Waals surface area (Å²) in [5.41, 5.74) is 6.07. The average Bonchev–Trinajstić information content (AvgIpc) is 2.17. The number of nitrogens with zero attached hydrogens (tertiary/aromatic N) is 1. The van der Waals surface area contributed by atoms with Crippen LogP contribution in [0.2, 0.25) is 0 Å². The van der Waals surface area contributed by atoms with Crippen LogP contribution in [0.3, 0.4) is 0 Å². The van der Waals surface area contributed by atoms with Gasteiger partial charge in [-0.3, -0.25) is 0 Å². The number of carboxylic acids is 1. The molecule has 3 N–H and O–H groups in total. The minimum Gasteiger partial charge on any atom is -0.478 e. The van der Waals surface area contributed by atoms with E-state index < -0.39 is 5.97 Å². The second kappa shape index (κ2) is 4.13. The highest BCUT2D eigenvalue weighted by Crippen LogP contribution is 2.22. The van der Waals surface area contributed by atoms with Crippen molar-refractivity contribution in [1.82, 2.24) is 0 Å². The van der Waals surface area contributed by atoms with Gasteiger partial charge in [0.2, 0.25) is 0 Å². The van der Waals surface area contributed by atoms with Gasteiger partial charge in [-0.05, 0) is 11.6 Å². The first-order valence-corrected chi connectivity index (χ1v) is 4.24. The summed E-state index contributed by atoms with van der Waals surface area (Å²) in [6.07, 6.45) is 0. The minimum absolute atomic E-state index is 0.0466. The molecule has 0 fully saturated rings. The largest absolute Gasteiger partial charge is 0.478 e. The van der Waals surface area contributed by atoms with Gasteiger partial charge in [0.1, 0.15) is 6.07 Å². The summed E-state index contributed by atoms with van der Waals surface area (Å²) in [4.78, 5) is 11.1. The Kier molecular flexibility index (Phi) is 3.12. The van der Waals surface area contributed by atoms with Gasteiger partial charge in [0.05, 0.1) is 11.1 Å². The van der Waals surface area contributed by atoms with Crippen LogP contribution in [0.1, 0.15) is 21.5 Å². The molecule has 0 bridgehead atoms. The molecule has 4 nitrogen and oxygen atoms in total. The van der Waals surface area contributed by atoms with Crippen molar-refractivity contribution in [1.29, 1.82) is 5.26 Å². The molecule has 0 atom stereocenters. The van der Waals surface area contributed by atoms with Gasteiger partial charge in [-0.1, -0.05) is 6.07 Å². The van der Waals surface area contributed by atoms with E-state index in [1.54, 1.807) is 6.07 Å². The molecule has 0 aliphatic carbocycles. The Hall–Kier alpha value is -1.51. The number of thiol groups is 1. The Labute approximate surface area is 86.4 Å². The van der Waals surface area contributed by atoms with E-state index in [1.807, 2.05) is 6.07 Å². The summed E-state index contributed by atoms with van der Waals surface area (Å²) in [5, 5.41) is 17.5. The maximum absolute atomic E-state index is 10.7. The molecule has 5 heteroatoms. The molecule has 0 heterocycles. The maximum atomic E-state index is 10.7. The van der Waals surface area contributed by atoms with E-state index in [0.717, 1.165) is 0 Å². The summed E-state index contributed by atoms with van der Waals surface area (Å²) >= 11 is 4.07. The monoisotopic (exact) mass is 208 g/mol. The number of hydrogen-bond acceptors (Lipinski definition) is 4. The van der Waals surface area contributed by atoms with Gasteiger partial charge in [0.25, 0.3) is 0 Å². The Balaban J connectivity index is 3.45. The normalized spacial score (nSPS) is 9.50. The fraction of sp³-hybridized carbons (Fsp3) is 0.111. The van der Waals surface area contributed by atoms with E-state index in [2.05, 4.69) is 12.6 Å². The molecule has 1 aromatic rings.